The second kappa shape index (κ2) is 6.27. The SMILES string of the molecule is COc1cccc(OC)c1C(C=C(C)C)NN. The van der Waals surface area contributed by atoms with Crippen LogP contribution in [-0.2, 0) is 0 Å². The van der Waals surface area contributed by atoms with Crippen LogP contribution < -0.4 is 20.7 Å². The van der Waals surface area contributed by atoms with Gasteiger partial charge in [0.05, 0.1) is 25.8 Å². The van der Waals surface area contributed by atoms with Gasteiger partial charge in [-0.3, -0.25) is 5.84 Å². The van der Waals surface area contributed by atoms with Crippen LogP contribution in [0.5, 0.6) is 11.5 Å². The number of benzene rings is 1. The lowest BCUT2D eigenvalue weighted by Gasteiger charge is -2.19. The Balaban J connectivity index is 3.29. The van der Waals surface area contributed by atoms with Crippen molar-refractivity contribution < 1.29 is 9.47 Å². The average molecular weight is 236 g/mol. The van der Waals surface area contributed by atoms with Crippen molar-refractivity contribution >= 4 is 0 Å². The van der Waals surface area contributed by atoms with Gasteiger partial charge in [0, 0.05) is 0 Å². The minimum absolute atomic E-state index is 0.133. The molecule has 0 heterocycles. The van der Waals surface area contributed by atoms with E-state index in [-0.39, 0.29) is 6.04 Å². The smallest absolute Gasteiger partial charge is 0.127 e. The molecule has 1 unspecified atom stereocenters. The van der Waals surface area contributed by atoms with E-state index >= 15 is 0 Å². The summed E-state index contributed by atoms with van der Waals surface area (Å²) in [5, 5.41) is 0. The molecule has 0 radical (unpaired) electrons. The number of ether oxygens (including phenoxy) is 2. The minimum atomic E-state index is -0.133. The van der Waals surface area contributed by atoms with E-state index in [1.54, 1.807) is 14.2 Å². The minimum Gasteiger partial charge on any atom is -0.496 e. The van der Waals surface area contributed by atoms with Crippen molar-refractivity contribution in [2.24, 2.45) is 5.84 Å². The van der Waals surface area contributed by atoms with E-state index in [0.29, 0.717) is 0 Å². The molecule has 0 aromatic heterocycles. The first kappa shape index (κ1) is 13.5. The van der Waals surface area contributed by atoms with E-state index in [0.717, 1.165) is 17.1 Å². The third-order valence-corrected chi connectivity index (χ3v) is 2.46. The van der Waals surface area contributed by atoms with Gasteiger partial charge in [-0.25, -0.2) is 5.43 Å². The molecule has 1 atom stereocenters. The van der Waals surface area contributed by atoms with Gasteiger partial charge in [0.15, 0.2) is 0 Å². The molecule has 4 nitrogen and oxygen atoms in total. The molecule has 0 saturated heterocycles. The van der Waals surface area contributed by atoms with Gasteiger partial charge in [-0.1, -0.05) is 17.7 Å². The molecule has 94 valence electrons. The molecular weight excluding hydrogens is 216 g/mol. The fourth-order valence-corrected chi connectivity index (χ4v) is 1.73. The molecule has 1 aromatic rings. The second-order valence-corrected chi connectivity index (χ2v) is 3.96. The van der Waals surface area contributed by atoms with E-state index < -0.39 is 0 Å². The normalized spacial score (nSPS) is 11.8. The Morgan fingerprint density at radius 2 is 1.76 bits per heavy atom. The Labute approximate surface area is 102 Å². The van der Waals surface area contributed by atoms with Crippen LogP contribution >= 0.6 is 0 Å². The highest BCUT2D eigenvalue weighted by molar-refractivity contribution is 5.48. The molecule has 0 aliphatic rings. The molecule has 0 aliphatic heterocycles. The lowest BCUT2D eigenvalue weighted by Crippen LogP contribution is -2.27. The van der Waals surface area contributed by atoms with Gasteiger partial charge in [0.25, 0.3) is 0 Å². The molecule has 0 bridgehead atoms. The highest BCUT2D eigenvalue weighted by atomic mass is 16.5. The summed E-state index contributed by atoms with van der Waals surface area (Å²) in [5.41, 5.74) is 4.83. The molecule has 3 N–H and O–H groups in total. The lowest BCUT2D eigenvalue weighted by atomic mass is 10.0. The van der Waals surface area contributed by atoms with Gasteiger partial charge in [-0.05, 0) is 26.0 Å². The third kappa shape index (κ3) is 3.22. The van der Waals surface area contributed by atoms with Gasteiger partial charge in [-0.15, -0.1) is 0 Å². The van der Waals surface area contributed by atoms with Crippen molar-refractivity contribution in [3.8, 4) is 11.5 Å². The zero-order valence-electron chi connectivity index (χ0n) is 10.8. The van der Waals surface area contributed by atoms with E-state index in [1.165, 1.54) is 5.57 Å². The Morgan fingerprint density at radius 3 is 2.12 bits per heavy atom. The molecular formula is C13H20N2O2. The maximum absolute atomic E-state index is 5.59. The summed E-state index contributed by atoms with van der Waals surface area (Å²) < 4.78 is 10.7. The number of methoxy groups -OCH3 is 2. The van der Waals surface area contributed by atoms with Crippen LogP contribution in [0.15, 0.2) is 29.8 Å². The fraction of sp³-hybridized carbons (Fsp3) is 0.385. The average Bonchev–Trinajstić information content (AvgIpc) is 2.34. The maximum atomic E-state index is 5.59. The second-order valence-electron chi connectivity index (χ2n) is 3.96. The summed E-state index contributed by atoms with van der Waals surface area (Å²) in [6, 6.07) is 5.53. The zero-order chi connectivity index (χ0) is 12.8. The standard InChI is InChI=1S/C13H20N2O2/c1-9(2)8-10(15-14)13-11(16-3)6-5-7-12(13)17-4/h5-8,10,15H,14H2,1-4H3. The molecule has 1 rings (SSSR count). The summed E-state index contributed by atoms with van der Waals surface area (Å²) in [6.45, 7) is 4.04. The number of hydrogen-bond donors (Lipinski definition) is 2. The molecule has 0 fully saturated rings. The van der Waals surface area contributed by atoms with Gasteiger partial charge in [-0.2, -0.15) is 0 Å². The summed E-state index contributed by atoms with van der Waals surface area (Å²) in [7, 11) is 3.27. The Morgan fingerprint density at radius 1 is 1.24 bits per heavy atom. The number of nitrogens with one attached hydrogen (secondary N) is 1. The van der Waals surface area contributed by atoms with Crippen LogP contribution in [0.3, 0.4) is 0 Å². The molecule has 1 aromatic carbocycles. The lowest BCUT2D eigenvalue weighted by molar-refractivity contribution is 0.378. The highest BCUT2D eigenvalue weighted by Crippen LogP contribution is 2.34. The first-order chi connectivity index (χ1) is 8.13. The van der Waals surface area contributed by atoms with Crippen LogP contribution in [0.1, 0.15) is 25.5 Å². The first-order valence-corrected chi connectivity index (χ1v) is 5.46. The predicted molar refractivity (Wildman–Crippen MR) is 69.0 cm³/mol. The van der Waals surface area contributed by atoms with Crippen LogP contribution in [0, 0.1) is 0 Å². The van der Waals surface area contributed by atoms with E-state index in [4.69, 9.17) is 15.3 Å². The van der Waals surface area contributed by atoms with Gasteiger partial charge >= 0.3 is 0 Å². The zero-order valence-corrected chi connectivity index (χ0v) is 10.8. The van der Waals surface area contributed by atoms with Gasteiger partial charge in [0.2, 0.25) is 0 Å². The Hall–Kier alpha value is -1.52. The van der Waals surface area contributed by atoms with Crippen molar-refractivity contribution in [2.75, 3.05) is 14.2 Å². The van der Waals surface area contributed by atoms with Crippen molar-refractivity contribution in [1.29, 1.82) is 0 Å². The molecule has 4 heteroatoms. The van der Waals surface area contributed by atoms with Crippen LogP contribution in [0.2, 0.25) is 0 Å². The third-order valence-electron chi connectivity index (χ3n) is 2.46. The van der Waals surface area contributed by atoms with Crippen molar-refractivity contribution in [1.82, 2.24) is 5.43 Å². The fourth-order valence-electron chi connectivity index (χ4n) is 1.73. The molecule has 0 amide bonds. The summed E-state index contributed by atoms with van der Waals surface area (Å²) in [6.07, 6.45) is 2.03. The number of nitrogens with two attached hydrogens (primary N) is 1. The van der Waals surface area contributed by atoms with Crippen LogP contribution in [0.4, 0.5) is 0 Å². The van der Waals surface area contributed by atoms with Crippen LogP contribution in [-0.4, -0.2) is 14.2 Å². The molecule has 0 spiro atoms. The predicted octanol–water partition coefficient (Wildman–Crippen LogP) is 2.17. The van der Waals surface area contributed by atoms with Crippen molar-refractivity contribution in [2.45, 2.75) is 19.9 Å². The highest BCUT2D eigenvalue weighted by Gasteiger charge is 2.17. The molecule has 0 saturated carbocycles. The number of allylic oxidation sites excluding steroid dienone is 1. The quantitative estimate of drug-likeness (QED) is 0.467. The van der Waals surface area contributed by atoms with Crippen LogP contribution in [0.25, 0.3) is 0 Å². The van der Waals surface area contributed by atoms with Crippen molar-refractivity contribution in [3.05, 3.63) is 35.4 Å². The number of hydrazine groups is 1. The molecule has 17 heavy (non-hydrogen) atoms. The van der Waals surface area contributed by atoms with Crippen molar-refractivity contribution in [3.63, 3.8) is 0 Å². The van der Waals surface area contributed by atoms with E-state index in [9.17, 15) is 0 Å². The topological polar surface area (TPSA) is 56.5 Å². The summed E-state index contributed by atoms with van der Waals surface area (Å²) in [4.78, 5) is 0. The van der Waals surface area contributed by atoms with E-state index in [2.05, 4.69) is 5.43 Å². The monoisotopic (exact) mass is 236 g/mol. The van der Waals surface area contributed by atoms with Gasteiger partial charge < -0.3 is 9.47 Å². The Bertz CT molecular complexity index is 376. The first-order valence-electron chi connectivity index (χ1n) is 5.46. The Kier molecular flexibility index (Phi) is 5.00. The largest absolute Gasteiger partial charge is 0.496 e. The summed E-state index contributed by atoms with van der Waals surface area (Å²) >= 11 is 0. The number of rotatable bonds is 5. The summed E-state index contributed by atoms with van der Waals surface area (Å²) in [5.74, 6) is 7.10. The van der Waals surface area contributed by atoms with Gasteiger partial charge in [0.1, 0.15) is 11.5 Å². The maximum Gasteiger partial charge on any atom is 0.127 e. The molecule has 0 aliphatic carbocycles. The van der Waals surface area contributed by atoms with E-state index in [1.807, 2.05) is 38.1 Å². The number of hydrogen-bond acceptors (Lipinski definition) is 4.